The Morgan fingerprint density at radius 3 is 2.94 bits per heavy atom. The number of nitrogens with one attached hydrogen (secondary N) is 2. The molecule has 0 aliphatic carbocycles. The van der Waals surface area contributed by atoms with Gasteiger partial charge in [-0.05, 0) is 19.1 Å². The number of amidine groups is 1. The molecular formula is C11H14Cl2FN3. The minimum Gasteiger partial charge on any atom is -0.377 e. The van der Waals surface area contributed by atoms with Crippen LogP contribution in [0.1, 0.15) is 5.56 Å². The van der Waals surface area contributed by atoms with Crippen LogP contribution >= 0.6 is 24.0 Å². The maximum Gasteiger partial charge on any atom is 0.127 e. The van der Waals surface area contributed by atoms with Crippen molar-refractivity contribution in [2.24, 2.45) is 4.99 Å². The number of aliphatic imine (C=N–C) groups is 1. The molecule has 1 aliphatic rings. The molecule has 0 fully saturated rings. The molecule has 0 saturated carbocycles. The van der Waals surface area contributed by atoms with Gasteiger partial charge in [0, 0.05) is 12.1 Å². The fraction of sp³-hybridized carbons (Fsp3) is 0.364. The third-order valence-electron chi connectivity index (χ3n) is 2.51. The summed E-state index contributed by atoms with van der Waals surface area (Å²) in [7, 11) is 0. The van der Waals surface area contributed by atoms with Gasteiger partial charge in [-0.1, -0.05) is 11.6 Å². The first-order valence-corrected chi connectivity index (χ1v) is 5.52. The average Bonchev–Trinajstić information content (AvgIpc) is 2.78. The molecule has 1 heterocycles. The quantitative estimate of drug-likeness (QED) is 0.891. The molecule has 0 aromatic heterocycles. The maximum atomic E-state index is 13.2. The molecule has 0 radical (unpaired) electrons. The molecule has 2 rings (SSSR count). The van der Waals surface area contributed by atoms with E-state index in [2.05, 4.69) is 15.6 Å². The predicted molar refractivity (Wildman–Crippen MR) is 72.2 cm³/mol. The number of nitrogens with zero attached hydrogens (tertiary/aromatic N) is 1. The Bertz CT molecular complexity index is 435. The van der Waals surface area contributed by atoms with Crippen molar-refractivity contribution in [2.75, 3.05) is 25.0 Å². The summed E-state index contributed by atoms with van der Waals surface area (Å²) in [5.41, 5.74) is 1.20. The smallest absolute Gasteiger partial charge is 0.127 e. The first-order chi connectivity index (χ1) is 7.68. The molecule has 0 atom stereocenters. The third-order valence-corrected chi connectivity index (χ3v) is 3.00. The van der Waals surface area contributed by atoms with Gasteiger partial charge in [-0.3, -0.25) is 4.99 Å². The van der Waals surface area contributed by atoms with Crippen LogP contribution in [0.15, 0.2) is 17.1 Å². The molecule has 1 aromatic rings. The summed E-state index contributed by atoms with van der Waals surface area (Å²) in [4.78, 5) is 4.25. The first-order valence-electron chi connectivity index (χ1n) is 5.14. The highest BCUT2D eigenvalue weighted by molar-refractivity contribution is 6.34. The number of hydrogen-bond donors (Lipinski definition) is 2. The number of anilines is 1. The van der Waals surface area contributed by atoms with Crippen molar-refractivity contribution >= 4 is 35.5 Å². The van der Waals surface area contributed by atoms with Crippen molar-refractivity contribution in [3.8, 4) is 0 Å². The van der Waals surface area contributed by atoms with Gasteiger partial charge in [-0.25, -0.2) is 4.39 Å². The van der Waals surface area contributed by atoms with E-state index in [9.17, 15) is 4.39 Å². The summed E-state index contributed by atoms with van der Waals surface area (Å²) in [5.74, 6) is 0.630. The van der Waals surface area contributed by atoms with E-state index in [-0.39, 0.29) is 18.2 Å². The van der Waals surface area contributed by atoms with Crippen LogP contribution in [0.5, 0.6) is 0 Å². The van der Waals surface area contributed by atoms with E-state index in [1.165, 1.54) is 6.07 Å². The molecule has 17 heavy (non-hydrogen) atoms. The second-order valence-corrected chi connectivity index (χ2v) is 4.02. The summed E-state index contributed by atoms with van der Waals surface area (Å²) >= 11 is 6.02. The average molecular weight is 278 g/mol. The zero-order chi connectivity index (χ0) is 11.5. The molecular weight excluding hydrogens is 264 g/mol. The van der Waals surface area contributed by atoms with Crippen molar-refractivity contribution in [3.63, 3.8) is 0 Å². The molecule has 0 amide bonds. The fourth-order valence-corrected chi connectivity index (χ4v) is 1.76. The van der Waals surface area contributed by atoms with Gasteiger partial charge in [0.1, 0.15) is 11.7 Å². The van der Waals surface area contributed by atoms with E-state index in [0.717, 1.165) is 24.6 Å². The Balaban J connectivity index is 0.00000144. The van der Waals surface area contributed by atoms with Gasteiger partial charge < -0.3 is 10.6 Å². The molecule has 1 aromatic carbocycles. The Hall–Kier alpha value is -1.00. The second kappa shape index (κ2) is 6.07. The van der Waals surface area contributed by atoms with Crippen LogP contribution in [-0.2, 0) is 0 Å². The van der Waals surface area contributed by atoms with E-state index in [1.807, 2.05) is 0 Å². The SMILES string of the molecule is Cc1c(F)ccc(NCC2=NCCN2)c1Cl.Cl. The largest absolute Gasteiger partial charge is 0.377 e. The first kappa shape index (κ1) is 14.1. The van der Waals surface area contributed by atoms with Gasteiger partial charge in [-0.15, -0.1) is 12.4 Å². The topological polar surface area (TPSA) is 36.4 Å². The third kappa shape index (κ3) is 3.23. The summed E-state index contributed by atoms with van der Waals surface area (Å²) in [6.07, 6.45) is 0. The summed E-state index contributed by atoms with van der Waals surface area (Å²) < 4.78 is 13.2. The Labute approximate surface area is 111 Å². The molecule has 0 saturated heterocycles. The molecule has 2 N–H and O–H groups in total. The fourth-order valence-electron chi connectivity index (χ4n) is 1.54. The van der Waals surface area contributed by atoms with Crippen LogP contribution in [0.4, 0.5) is 10.1 Å². The van der Waals surface area contributed by atoms with Gasteiger partial charge >= 0.3 is 0 Å². The lowest BCUT2D eigenvalue weighted by molar-refractivity contribution is 0.619. The molecule has 94 valence electrons. The Morgan fingerprint density at radius 1 is 1.53 bits per heavy atom. The highest BCUT2D eigenvalue weighted by Crippen LogP contribution is 2.27. The normalized spacial score (nSPS) is 13.7. The van der Waals surface area contributed by atoms with Crippen LogP contribution in [0, 0.1) is 12.7 Å². The van der Waals surface area contributed by atoms with Crippen LogP contribution in [0.25, 0.3) is 0 Å². The Kier molecular flexibility index (Phi) is 5.02. The molecule has 3 nitrogen and oxygen atoms in total. The van der Waals surface area contributed by atoms with Crippen molar-refractivity contribution < 1.29 is 4.39 Å². The van der Waals surface area contributed by atoms with Crippen LogP contribution in [-0.4, -0.2) is 25.5 Å². The van der Waals surface area contributed by atoms with E-state index in [4.69, 9.17) is 11.6 Å². The van der Waals surface area contributed by atoms with Gasteiger partial charge in [0.15, 0.2) is 0 Å². The lowest BCUT2D eigenvalue weighted by Crippen LogP contribution is -2.26. The second-order valence-electron chi connectivity index (χ2n) is 3.64. The lowest BCUT2D eigenvalue weighted by atomic mass is 10.2. The van der Waals surface area contributed by atoms with Gasteiger partial charge in [-0.2, -0.15) is 0 Å². The lowest BCUT2D eigenvalue weighted by Gasteiger charge is -2.10. The summed E-state index contributed by atoms with van der Waals surface area (Å²) in [6, 6.07) is 3.05. The standard InChI is InChI=1S/C11H13ClFN3.ClH/c1-7-8(13)2-3-9(11(7)12)16-6-10-14-4-5-15-10;/h2-3,16H,4-6H2,1H3,(H,14,15);1H. The van der Waals surface area contributed by atoms with E-state index < -0.39 is 0 Å². The highest BCUT2D eigenvalue weighted by Gasteiger charge is 2.09. The molecule has 6 heteroatoms. The molecule has 0 unspecified atom stereocenters. The molecule has 0 spiro atoms. The Morgan fingerprint density at radius 2 is 2.29 bits per heavy atom. The van der Waals surface area contributed by atoms with Crippen LogP contribution in [0.2, 0.25) is 5.02 Å². The monoisotopic (exact) mass is 277 g/mol. The van der Waals surface area contributed by atoms with E-state index in [0.29, 0.717) is 17.1 Å². The minimum atomic E-state index is -0.285. The number of benzene rings is 1. The van der Waals surface area contributed by atoms with Crippen molar-refractivity contribution in [1.29, 1.82) is 0 Å². The highest BCUT2D eigenvalue weighted by atomic mass is 35.5. The van der Waals surface area contributed by atoms with E-state index >= 15 is 0 Å². The predicted octanol–water partition coefficient (Wildman–Crippen LogP) is 2.62. The maximum absolute atomic E-state index is 13.2. The zero-order valence-corrected chi connectivity index (χ0v) is 11.0. The molecule has 0 bridgehead atoms. The number of hydrogen-bond acceptors (Lipinski definition) is 3. The van der Waals surface area contributed by atoms with Crippen molar-refractivity contribution in [1.82, 2.24) is 5.32 Å². The van der Waals surface area contributed by atoms with Crippen LogP contribution in [0.3, 0.4) is 0 Å². The van der Waals surface area contributed by atoms with Gasteiger partial charge in [0.2, 0.25) is 0 Å². The van der Waals surface area contributed by atoms with Gasteiger partial charge in [0.25, 0.3) is 0 Å². The van der Waals surface area contributed by atoms with E-state index in [1.54, 1.807) is 13.0 Å². The van der Waals surface area contributed by atoms with Crippen LogP contribution < -0.4 is 10.6 Å². The number of halogens is 3. The number of rotatable bonds is 3. The van der Waals surface area contributed by atoms with Crippen molar-refractivity contribution in [2.45, 2.75) is 6.92 Å². The minimum absolute atomic E-state index is 0. The molecule has 1 aliphatic heterocycles. The van der Waals surface area contributed by atoms with Crippen molar-refractivity contribution in [3.05, 3.63) is 28.5 Å². The van der Waals surface area contributed by atoms with Gasteiger partial charge in [0.05, 0.1) is 23.8 Å². The summed E-state index contributed by atoms with van der Waals surface area (Å²) in [6.45, 7) is 3.94. The zero-order valence-electron chi connectivity index (χ0n) is 9.39. The summed E-state index contributed by atoms with van der Waals surface area (Å²) in [5, 5.41) is 6.70.